The van der Waals surface area contributed by atoms with Gasteiger partial charge in [0.1, 0.15) is 0 Å². The van der Waals surface area contributed by atoms with Gasteiger partial charge in [0.05, 0.1) is 5.41 Å². The Labute approximate surface area is 112 Å². The van der Waals surface area contributed by atoms with Crippen LogP contribution in [0.5, 0.6) is 0 Å². The van der Waals surface area contributed by atoms with Crippen LogP contribution in [-0.4, -0.2) is 30.4 Å². The molecule has 106 valence electrons. The Morgan fingerprint density at radius 1 is 1.06 bits per heavy atom. The summed E-state index contributed by atoms with van der Waals surface area (Å²) in [6, 6.07) is 0. The number of amides is 1. The number of carbonyl (C=O) groups excluding carboxylic acids is 1. The Morgan fingerprint density at radius 3 is 1.89 bits per heavy atom. The molecule has 1 aliphatic carbocycles. The van der Waals surface area contributed by atoms with Gasteiger partial charge in [-0.1, -0.05) is 39.5 Å². The highest BCUT2D eigenvalue weighted by molar-refractivity contribution is 5.85. The summed E-state index contributed by atoms with van der Waals surface area (Å²) >= 11 is 0. The molecule has 1 saturated carbocycles. The van der Waals surface area contributed by atoms with E-state index in [9.17, 15) is 4.79 Å². The molecule has 0 saturated heterocycles. The van der Waals surface area contributed by atoms with E-state index in [4.69, 9.17) is 5.73 Å². The van der Waals surface area contributed by atoms with Gasteiger partial charge in [-0.3, -0.25) is 4.79 Å². The van der Waals surface area contributed by atoms with Gasteiger partial charge in [0.15, 0.2) is 0 Å². The summed E-state index contributed by atoms with van der Waals surface area (Å²) < 4.78 is 0. The Balaban J connectivity index is 2.44. The third-order valence-electron chi connectivity index (χ3n) is 4.05. The van der Waals surface area contributed by atoms with Crippen molar-refractivity contribution in [1.29, 1.82) is 0 Å². The quantitative estimate of drug-likeness (QED) is 0.609. The summed E-state index contributed by atoms with van der Waals surface area (Å²) in [5.41, 5.74) is 5.60. The smallest absolute Gasteiger partial charge is 0.230 e. The number of hydrogen-bond donors (Lipinski definition) is 1. The lowest BCUT2D eigenvalue weighted by Gasteiger charge is -2.27. The lowest BCUT2D eigenvalue weighted by atomic mass is 10.0. The van der Waals surface area contributed by atoms with Gasteiger partial charge in [-0.15, -0.1) is 0 Å². The van der Waals surface area contributed by atoms with Crippen LogP contribution in [-0.2, 0) is 4.79 Å². The summed E-state index contributed by atoms with van der Waals surface area (Å²) in [7, 11) is 0. The molecule has 0 aromatic heterocycles. The molecule has 1 aliphatic rings. The Bertz CT molecular complexity index is 239. The summed E-state index contributed by atoms with van der Waals surface area (Å²) in [5, 5.41) is 0. The monoisotopic (exact) mass is 254 g/mol. The van der Waals surface area contributed by atoms with E-state index >= 15 is 0 Å². The van der Waals surface area contributed by atoms with Crippen LogP contribution >= 0.6 is 0 Å². The van der Waals surface area contributed by atoms with Gasteiger partial charge in [0.2, 0.25) is 5.91 Å². The van der Waals surface area contributed by atoms with E-state index in [0.29, 0.717) is 12.5 Å². The normalized spacial score (nSPS) is 16.6. The first-order valence-corrected chi connectivity index (χ1v) is 7.69. The second kappa shape index (κ2) is 7.78. The molecule has 0 aromatic rings. The standard InChI is InChI=1S/C15H30N2O/c1-3-5-7-11-17(12-8-6-4-2)14(18)15(13-16)9-10-15/h3-13,16H2,1-2H3. The molecule has 18 heavy (non-hydrogen) atoms. The van der Waals surface area contributed by atoms with Crippen LogP contribution in [0.1, 0.15) is 65.2 Å². The lowest BCUT2D eigenvalue weighted by Crippen LogP contribution is -2.41. The Kier molecular flexibility index (Phi) is 6.69. The van der Waals surface area contributed by atoms with Crippen LogP contribution in [0.15, 0.2) is 0 Å². The van der Waals surface area contributed by atoms with E-state index in [1.807, 2.05) is 0 Å². The van der Waals surface area contributed by atoms with Crippen molar-refractivity contribution in [3.63, 3.8) is 0 Å². The second-order valence-corrected chi connectivity index (χ2v) is 5.69. The fourth-order valence-corrected chi connectivity index (χ4v) is 2.41. The van der Waals surface area contributed by atoms with Crippen molar-refractivity contribution in [3.05, 3.63) is 0 Å². The van der Waals surface area contributed by atoms with Crippen molar-refractivity contribution in [1.82, 2.24) is 4.90 Å². The molecular weight excluding hydrogens is 224 g/mol. The van der Waals surface area contributed by atoms with Crippen molar-refractivity contribution in [2.24, 2.45) is 11.1 Å². The predicted molar refractivity (Wildman–Crippen MR) is 76.4 cm³/mol. The Hall–Kier alpha value is -0.570. The molecule has 0 bridgehead atoms. The van der Waals surface area contributed by atoms with Crippen LogP contribution in [0.3, 0.4) is 0 Å². The fraction of sp³-hybridized carbons (Fsp3) is 0.933. The highest BCUT2D eigenvalue weighted by Gasteiger charge is 2.50. The van der Waals surface area contributed by atoms with Crippen molar-refractivity contribution >= 4 is 5.91 Å². The summed E-state index contributed by atoms with van der Waals surface area (Å²) in [6.07, 6.45) is 9.11. The molecule has 3 heteroatoms. The maximum atomic E-state index is 12.5. The highest BCUT2D eigenvalue weighted by Crippen LogP contribution is 2.46. The number of hydrogen-bond acceptors (Lipinski definition) is 2. The SMILES string of the molecule is CCCCCN(CCCCC)C(=O)C1(CN)CC1. The average Bonchev–Trinajstić information content (AvgIpc) is 3.17. The van der Waals surface area contributed by atoms with E-state index in [2.05, 4.69) is 18.7 Å². The molecule has 0 radical (unpaired) electrons. The molecule has 0 heterocycles. The Morgan fingerprint density at radius 2 is 1.56 bits per heavy atom. The molecule has 1 amide bonds. The van der Waals surface area contributed by atoms with Crippen molar-refractivity contribution in [2.45, 2.75) is 65.2 Å². The van der Waals surface area contributed by atoms with Crippen LogP contribution in [0.25, 0.3) is 0 Å². The maximum Gasteiger partial charge on any atom is 0.230 e. The molecule has 3 nitrogen and oxygen atoms in total. The number of unbranched alkanes of at least 4 members (excludes halogenated alkanes) is 4. The third kappa shape index (κ3) is 4.27. The fourth-order valence-electron chi connectivity index (χ4n) is 2.41. The first kappa shape index (κ1) is 15.5. The van der Waals surface area contributed by atoms with E-state index < -0.39 is 0 Å². The highest BCUT2D eigenvalue weighted by atomic mass is 16.2. The van der Waals surface area contributed by atoms with Gasteiger partial charge in [0.25, 0.3) is 0 Å². The summed E-state index contributed by atoms with van der Waals surface area (Å²) in [4.78, 5) is 14.6. The van der Waals surface area contributed by atoms with Gasteiger partial charge in [-0.05, 0) is 25.7 Å². The van der Waals surface area contributed by atoms with Gasteiger partial charge in [-0.25, -0.2) is 0 Å². The zero-order valence-electron chi connectivity index (χ0n) is 12.2. The maximum absolute atomic E-state index is 12.5. The van der Waals surface area contributed by atoms with Gasteiger partial charge in [-0.2, -0.15) is 0 Å². The molecule has 0 aromatic carbocycles. The van der Waals surface area contributed by atoms with Crippen molar-refractivity contribution < 1.29 is 4.79 Å². The van der Waals surface area contributed by atoms with E-state index in [-0.39, 0.29) is 5.41 Å². The van der Waals surface area contributed by atoms with Gasteiger partial charge < -0.3 is 10.6 Å². The number of carbonyl (C=O) groups is 1. The first-order chi connectivity index (χ1) is 8.70. The first-order valence-electron chi connectivity index (χ1n) is 7.69. The molecule has 1 fully saturated rings. The summed E-state index contributed by atoms with van der Waals surface area (Å²) in [6.45, 7) is 6.79. The van der Waals surface area contributed by atoms with E-state index in [1.165, 1.54) is 25.7 Å². The molecule has 0 unspecified atom stereocenters. The molecule has 0 atom stereocenters. The molecule has 0 spiro atoms. The minimum atomic E-state index is -0.168. The van der Waals surface area contributed by atoms with Crippen LogP contribution in [0.2, 0.25) is 0 Å². The molecule has 0 aliphatic heterocycles. The molecular formula is C15H30N2O. The van der Waals surface area contributed by atoms with Gasteiger partial charge >= 0.3 is 0 Å². The largest absolute Gasteiger partial charge is 0.342 e. The van der Waals surface area contributed by atoms with Crippen LogP contribution < -0.4 is 5.73 Å². The van der Waals surface area contributed by atoms with Crippen LogP contribution in [0, 0.1) is 5.41 Å². The van der Waals surface area contributed by atoms with Crippen molar-refractivity contribution in [3.8, 4) is 0 Å². The molecule has 2 N–H and O–H groups in total. The minimum Gasteiger partial charge on any atom is -0.342 e. The van der Waals surface area contributed by atoms with E-state index in [1.54, 1.807) is 0 Å². The number of rotatable bonds is 10. The number of nitrogens with two attached hydrogens (primary N) is 1. The second-order valence-electron chi connectivity index (χ2n) is 5.69. The summed E-state index contributed by atoms with van der Waals surface area (Å²) in [5.74, 6) is 0.331. The lowest BCUT2D eigenvalue weighted by molar-refractivity contribution is -0.136. The van der Waals surface area contributed by atoms with Crippen molar-refractivity contribution in [2.75, 3.05) is 19.6 Å². The van der Waals surface area contributed by atoms with Gasteiger partial charge in [0, 0.05) is 19.6 Å². The zero-order valence-corrected chi connectivity index (χ0v) is 12.2. The zero-order chi connectivity index (χ0) is 13.4. The average molecular weight is 254 g/mol. The third-order valence-corrected chi connectivity index (χ3v) is 4.05. The minimum absolute atomic E-state index is 0.168. The van der Waals surface area contributed by atoms with Crippen LogP contribution in [0.4, 0.5) is 0 Å². The topological polar surface area (TPSA) is 46.3 Å². The predicted octanol–water partition coefficient (Wildman–Crippen LogP) is 2.93. The molecule has 1 rings (SSSR count). The number of nitrogens with zero attached hydrogens (tertiary/aromatic N) is 1. The van der Waals surface area contributed by atoms with E-state index in [0.717, 1.165) is 38.8 Å².